The third-order valence-electron chi connectivity index (χ3n) is 10.7. The van der Waals surface area contributed by atoms with Crippen LogP contribution in [0, 0.1) is 0 Å². The number of benzene rings is 7. The lowest BCUT2D eigenvalue weighted by Gasteiger charge is -2.31. The molecule has 0 atom stereocenters. The molecule has 304 valence electrons. The molecule has 18 heteroatoms. The van der Waals surface area contributed by atoms with Gasteiger partial charge in [-0.2, -0.15) is 16.8 Å². The van der Waals surface area contributed by atoms with Crippen molar-refractivity contribution in [3.63, 3.8) is 0 Å². The van der Waals surface area contributed by atoms with Crippen LogP contribution in [0.4, 0.5) is 0 Å². The molecule has 9 rings (SSSR count). The van der Waals surface area contributed by atoms with E-state index in [1.165, 1.54) is 48.5 Å². The summed E-state index contributed by atoms with van der Waals surface area (Å²) in [7, 11) is -9.12. The first-order valence-electron chi connectivity index (χ1n) is 18.4. The van der Waals surface area contributed by atoms with Crippen molar-refractivity contribution in [1.82, 2.24) is 9.80 Å². The molecule has 0 saturated heterocycles. The second-order valence-corrected chi connectivity index (χ2v) is 17.0. The van der Waals surface area contributed by atoms with Gasteiger partial charge in [-0.1, -0.05) is 12.1 Å². The lowest BCUT2D eigenvalue weighted by atomic mass is 9.81. The van der Waals surface area contributed by atoms with Gasteiger partial charge in [0.1, 0.15) is 23.0 Å². The van der Waals surface area contributed by atoms with Crippen LogP contribution >= 0.6 is 0 Å². The lowest BCUT2D eigenvalue weighted by molar-refractivity contribution is 0.0585. The number of rotatable bonds is 12. The summed E-state index contributed by atoms with van der Waals surface area (Å²) < 4.78 is 79.4. The molecule has 2 aliphatic rings. The number of hydrogen-bond acceptors (Lipinski definition) is 12. The number of imide groups is 2. The maximum Gasteiger partial charge on any atom is 0.294 e. The van der Waals surface area contributed by atoms with Crippen LogP contribution in [0.2, 0.25) is 0 Å². The first kappa shape index (κ1) is 38.9. The molecule has 4 amide bonds. The molecule has 0 aliphatic carbocycles. The van der Waals surface area contributed by atoms with Crippen LogP contribution in [0.3, 0.4) is 0 Å². The number of ether oxygens (including phenoxy) is 2. The Bertz CT molecular complexity index is 3040. The number of amides is 4. The van der Waals surface area contributed by atoms with Crippen LogP contribution in [0.25, 0.3) is 43.1 Å². The number of hydrogen-bond donors (Lipinski definition) is 4. The largest absolute Gasteiger partial charge is 0.457 e. The Morgan fingerprint density at radius 1 is 0.450 bits per heavy atom. The van der Waals surface area contributed by atoms with Crippen molar-refractivity contribution in [2.45, 2.75) is 22.6 Å². The molecule has 2 heterocycles. The molecule has 7 aromatic rings. The minimum atomic E-state index is -4.56. The van der Waals surface area contributed by atoms with E-state index in [2.05, 4.69) is 0 Å². The minimum Gasteiger partial charge on any atom is -0.457 e. The fraction of sp³-hybridized carbons (Fsp3) is 0.143. The SMILES string of the molecule is O=C1c2ccc3c4c(Oc5ccc(S(=O)(=O)O)cc5)cc5c6c(ccc(c7c(Oc8ccc(S(=O)(=O)O)cc8)cc(c2c37)C(=O)N1CCCO)c64)C(=O)N(CCCO)C5=O. The fourth-order valence-corrected chi connectivity index (χ4v) is 9.09. The van der Waals surface area contributed by atoms with Crippen LogP contribution in [0.15, 0.2) is 94.7 Å². The summed E-state index contributed by atoms with van der Waals surface area (Å²) in [5.74, 6) is -2.27. The van der Waals surface area contributed by atoms with Crippen molar-refractivity contribution in [3.05, 3.63) is 107 Å². The molecule has 4 N–H and O–H groups in total. The molecular weight excluding hydrogens is 821 g/mol. The summed E-state index contributed by atoms with van der Waals surface area (Å²) in [6, 6.07) is 18.9. The molecule has 60 heavy (non-hydrogen) atoms. The molecule has 0 aromatic heterocycles. The van der Waals surface area contributed by atoms with Crippen LogP contribution in [0.5, 0.6) is 23.0 Å². The number of fused-ring (bicyclic) bond motifs is 2. The monoisotopic (exact) mass is 850 g/mol. The van der Waals surface area contributed by atoms with Gasteiger partial charge in [-0.05, 0) is 96.4 Å². The van der Waals surface area contributed by atoms with Crippen LogP contribution in [-0.4, -0.2) is 95.9 Å². The first-order chi connectivity index (χ1) is 28.6. The number of carbonyl (C=O) groups is 4. The van der Waals surface area contributed by atoms with E-state index in [-0.39, 0.29) is 95.2 Å². The van der Waals surface area contributed by atoms with E-state index in [4.69, 9.17) is 9.47 Å². The van der Waals surface area contributed by atoms with Gasteiger partial charge in [0, 0.05) is 69.7 Å². The van der Waals surface area contributed by atoms with Gasteiger partial charge < -0.3 is 19.7 Å². The summed E-state index contributed by atoms with van der Waals surface area (Å²) in [6.07, 6.45) is 0.215. The van der Waals surface area contributed by atoms with E-state index < -0.39 is 53.7 Å². The Hall–Kier alpha value is -6.54. The average molecular weight is 851 g/mol. The quantitative estimate of drug-likeness (QED) is 0.0494. The summed E-state index contributed by atoms with van der Waals surface area (Å²) in [4.78, 5) is 57.8. The standard InChI is InChI=1S/C42H30N2O14S2/c45-17-1-15-43-39(47)27-13-11-25-36-32(58-22-5-9-24(10-6-22)60(54,55)56)20-30-34-28(40(48)44(42(30)50)16-2-18-46)14-12-26(38(34)36)35-31(19-29(41(43)49)33(27)37(25)35)57-21-3-7-23(8-4-21)59(51,52)53/h3-14,19-20,45-46H,1-2,15-18H2,(H,51,52,53)(H,54,55,56). The van der Waals surface area contributed by atoms with Crippen molar-refractivity contribution in [2.24, 2.45) is 0 Å². The highest BCUT2D eigenvalue weighted by Gasteiger charge is 2.39. The van der Waals surface area contributed by atoms with Gasteiger partial charge in [0.15, 0.2) is 0 Å². The van der Waals surface area contributed by atoms with Crippen molar-refractivity contribution in [1.29, 1.82) is 0 Å². The summed E-state index contributed by atoms with van der Waals surface area (Å²) in [5.41, 5.74) is 0.451. The molecule has 7 aromatic carbocycles. The van der Waals surface area contributed by atoms with Gasteiger partial charge >= 0.3 is 0 Å². The van der Waals surface area contributed by atoms with Crippen LogP contribution in [0.1, 0.15) is 54.3 Å². The third-order valence-corrected chi connectivity index (χ3v) is 12.4. The Kier molecular flexibility index (Phi) is 9.12. The predicted octanol–water partition coefficient (Wildman–Crippen LogP) is 5.77. The molecule has 0 radical (unpaired) electrons. The molecule has 2 aliphatic heterocycles. The highest BCUT2D eigenvalue weighted by Crippen LogP contribution is 2.53. The third kappa shape index (κ3) is 6.03. The Morgan fingerprint density at radius 2 is 0.800 bits per heavy atom. The molecule has 0 bridgehead atoms. The summed E-state index contributed by atoms with van der Waals surface area (Å²) in [6.45, 7) is -0.764. The van der Waals surface area contributed by atoms with Gasteiger partial charge in [0.25, 0.3) is 43.9 Å². The van der Waals surface area contributed by atoms with Gasteiger partial charge in [0.05, 0.1) is 20.9 Å². The highest BCUT2D eigenvalue weighted by atomic mass is 32.2. The summed E-state index contributed by atoms with van der Waals surface area (Å²) >= 11 is 0. The number of aliphatic hydroxyl groups is 2. The van der Waals surface area contributed by atoms with E-state index in [0.717, 1.165) is 34.1 Å². The highest BCUT2D eigenvalue weighted by molar-refractivity contribution is 7.86. The van der Waals surface area contributed by atoms with Gasteiger partial charge in [-0.3, -0.25) is 38.1 Å². The Morgan fingerprint density at radius 3 is 1.13 bits per heavy atom. The van der Waals surface area contributed by atoms with Crippen molar-refractivity contribution in [3.8, 4) is 23.0 Å². The van der Waals surface area contributed by atoms with Gasteiger partial charge in [-0.25, -0.2) is 0 Å². The van der Waals surface area contributed by atoms with E-state index in [1.807, 2.05) is 0 Å². The zero-order chi connectivity index (χ0) is 42.4. The van der Waals surface area contributed by atoms with E-state index in [9.17, 15) is 55.3 Å². The van der Waals surface area contributed by atoms with E-state index in [0.29, 0.717) is 32.3 Å². The molecule has 0 unspecified atom stereocenters. The van der Waals surface area contributed by atoms with Crippen LogP contribution in [-0.2, 0) is 20.2 Å². The van der Waals surface area contributed by atoms with Crippen molar-refractivity contribution < 1.29 is 64.8 Å². The fourth-order valence-electron chi connectivity index (χ4n) is 8.13. The zero-order valence-corrected chi connectivity index (χ0v) is 32.5. The van der Waals surface area contributed by atoms with E-state index >= 15 is 0 Å². The zero-order valence-electron chi connectivity index (χ0n) is 30.9. The number of nitrogens with zero attached hydrogens (tertiary/aromatic N) is 2. The maximum absolute atomic E-state index is 14.3. The van der Waals surface area contributed by atoms with Gasteiger partial charge in [0.2, 0.25) is 0 Å². The molecule has 0 fully saturated rings. The topological polar surface area (TPSA) is 242 Å². The Balaban J connectivity index is 1.40. The molecule has 16 nitrogen and oxygen atoms in total. The van der Waals surface area contributed by atoms with Gasteiger partial charge in [-0.15, -0.1) is 0 Å². The van der Waals surface area contributed by atoms with Crippen molar-refractivity contribution in [2.75, 3.05) is 26.3 Å². The molecular formula is C42H30N2O14S2. The smallest absolute Gasteiger partial charge is 0.294 e. The normalized spacial score (nSPS) is 14.4. The molecule has 0 spiro atoms. The maximum atomic E-state index is 14.3. The minimum absolute atomic E-state index is 0.0629. The van der Waals surface area contributed by atoms with E-state index in [1.54, 1.807) is 12.1 Å². The number of carbonyl (C=O) groups excluding carboxylic acids is 4. The number of aliphatic hydroxyl groups excluding tert-OH is 2. The lowest BCUT2D eigenvalue weighted by Crippen LogP contribution is -2.41. The van der Waals surface area contributed by atoms with Crippen LogP contribution < -0.4 is 9.47 Å². The average Bonchev–Trinajstić information content (AvgIpc) is 3.21. The second kappa shape index (κ2) is 14.0. The summed E-state index contributed by atoms with van der Waals surface area (Å²) in [5, 5.41) is 21.9. The first-order valence-corrected chi connectivity index (χ1v) is 21.2. The molecule has 0 saturated carbocycles. The predicted molar refractivity (Wildman–Crippen MR) is 214 cm³/mol. The Labute approximate surface area is 339 Å². The van der Waals surface area contributed by atoms with Crippen molar-refractivity contribution >= 4 is 87.0 Å². The second-order valence-electron chi connectivity index (χ2n) is 14.2.